The molecule has 0 amide bonds. The number of ether oxygens (including phenoxy) is 1. The third-order valence-electron chi connectivity index (χ3n) is 1.75. The van der Waals surface area contributed by atoms with Crippen molar-refractivity contribution in [2.45, 2.75) is 0 Å². The maximum Gasteiger partial charge on any atom is 0.134 e. The Morgan fingerprint density at radius 3 is 2.80 bits per heavy atom. The summed E-state index contributed by atoms with van der Waals surface area (Å²) in [6, 6.07) is 5.82. The standard InChI is InChI=1S/C11H13Br2NO/c1-8(6-14-2)7-15-11-4-3-9(12)5-10(11)13/h3-5,14H,1,6-7H2,2H3. The largest absolute Gasteiger partial charge is 0.488 e. The van der Waals surface area contributed by atoms with Gasteiger partial charge in [0.1, 0.15) is 12.4 Å². The van der Waals surface area contributed by atoms with Gasteiger partial charge in [0, 0.05) is 11.0 Å². The van der Waals surface area contributed by atoms with Gasteiger partial charge < -0.3 is 10.1 Å². The molecule has 0 spiro atoms. The fraction of sp³-hybridized carbons (Fsp3) is 0.273. The van der Waals surface area contributed by atoms with Crippen LogP contribution in [0.5, 0.6) is 5.75 Å². The molecule has 0 radical (unpaired) electrons. The van der Waals surface area contributed by atoms with Crippen molar-refractivity contribution in [3.05, 3.63) is 39.3 Å². The van der Waals surface area contributed by atoms with Crippen LogP contribution in [0.4, 0.5) is 0 Å². The molecule has 0 bridgehead atoms. The average molecular weight is 335 g/mol. The lowest BCUT2D eigenvalue weighted by Crippen LogP contribution is -2.14. The lowest BCUT2D eigenvalue weighted by Gasteiger charge is -2.10. The Hall–Kier alpha value is -0.320. The number of hydrogen-bond donors (Lipinski definition) is 1. The molecule has 2 nitrogen and oxygen atoms in total. The van der Waals surface area contributed by atoms with E-state index in [2.05, 4.69) is 43.8 Å². The Bertz CT molecular complexity index is 352. The van der Waals surface area contributed by atoms with Gasteiger partial charge in [-0.05, 0) is 46.7 Å². The number of likely N-dealkylation sites (N-methyl/N-ethyl adjacent to an activating group) is 1. The predicted molar refractivity (Wildman–Crippen MR) is 70.4 cm³/mol. The van der Waals surface area contributed by atoms with Gasteiger partial charge in [0.2, 0.25) is 0 Å². The van der Waals surface area contributed by atoms with Gasteiger partial charge >= 0.3 is 0 Å². The summed E-state index contributed by atoms with van der Waals surface area (Å²) in [5.74, 6) is 0.829. The fourth-order valence-electron chi connectivity index (χ4n) is 1.07. The molecule has 0 fully saturated rings. The van der Waals surface area contributed by atoms with E-state index in [-0.39, 0.29) is 0 Å². The first-order valence-corrected chi connectivity index (χ1v) is 6.11. The van der Waals surface area contributed by atoms with Crippen LogP contribution in [0.15, 0.2) is 39.3 Å². The Balaban J connectivity index is 2.54. The summed E-state index contributed by atoms with van der Waals surface area (Å²) < 4.78 is 7.56. The third-order valence-corrected chi connectivity index (χ3v) is 2.87. The third kappa shape index (κ3) is 4.36. The topological polar surface area (TPSA) is 21.3 Å². The van der Waals surface area contributed by atoms with Gasteiger partial charge in [0.15, 0.2) is 0 Å². The molecule has 4 heteroatoms. The zero-order chi connectivity index (χ0) is 11.3. The monoisotopic (exact) mass is 333 g/mol. The van der Waals surface area contributed by atoms with E-state index in [0.717, 1.165) is 26.8 Å². The molecule has 1 N–H and O–H groups in total. The van der Waals surface area contributed by atoms with Gasteiger partial charge in [-0.3, -0.25) is 0 Å². The van der Waals surface area contributed by atoms with Crippen LogP contribution < -0.4 is 10.1 Å². The van der Waals surface area contributed by atoms with Crippen molar-refractivity contribution in [2.24, 2.45) is 0 Å². The number of nitrogens with one attached hydrogen (secondary N) is 1. The predicted octanol–water partition coefficient (Wildman–Crippen LogP) is 3.37. The fourth-order valence-corrected chi connectivity index (χ4v) is 2.23. The minimum atomic E-state index is 0.529. The summed E-state index contributed by atoms with van der Waals surface area (Å²) in [4.78, 5) is 0. The number of rotatable bonds is 5. The minimum Gasteiger partial charge on any atom is -0.488 e. The minimum absolute atomic E-state index is 0.529. The van der Waals surface area contributed by atoms with Crippen LogP contribution in [0, 0.1) is 0 Å². The highest BCUT2D eigenvalue weighted by atomic mass is 79.9. The molecule has 0 atom stereocenters. The lowest BCUT2D eigenvalue weighted by atomic mass is 10.3. The molecule has 0 saturated heterocycles. The Morgan fingerprint density at radius 1 is 1.47 bits per heavy atom. The summed E-state index contributed by atoms with van der Waals surface area (Å²) in [6.45, 7) is 5.20. The molecule has 15 heavy (non-hydrogen) atoms. The van der Waals surface area contributed by atoms with E-state index in [4.69, 9.17) is 4.74 Å². The highest BCUT2D eigenvalue weighted by molar-refractivity contribution is 9.11. The second-order valence-corrected chi connectivity index (χ2v) is 4.91. The van der Waals surface area contributed by atoms with Crippen molar-refractivity contribution in [3.8, 4) is 5.75 Å². The van der Waals surface area contributed by atoms with Crippen LogP contribution in [0.1, 0.15) is 0 Å². The summed E-state index contributed by atoms with van der Waals surface area (Å²) in [5.41, 5.74) is 1.02. The van der Waals surface area contributed by atoms with Gasteiger partial charge in [0.05, 0.1) is 4.47 Å². The number of halogens is 2. The van der Waals surface area contributed by atoms with Crippen LogP contribution >= 0.6 is 31.9 Å². The summed E-state index contributed by atoms with van der Waals surface area (Å²) >= 11 is 6.82. The maximum atomic E-state index is 5.60. The molecule has 0 unspecified atom stereocenters. The van der Waals surface area contributed by atoms with Gasteiger partial charge in [-0.25, -0.2) is 0 Å². The Morgan fingerprint density at radius 2 is 2.20 bits per heavy atom. The van der Waals surface area contributed by atoms with Crippen LogP contribution in [-0.4, -0.2) is 20.2 Å². The van der Waals surface area contributed by atoms with E-state index in [1.807, 2.05) is 25.2 Å². The van der Waals surface area contributed by atoms with Gasteiger partial charge in [-0.2, -0.15) is 0 Å². The van der Waals surface area contributed by atoms with E-state index >= 15 is 0 Å². The van der Waals surface area contributed by atoms with Crippen molar-refractivity contribution in [1.82, 2.24) is 5.32 Å². The highest BCUT2D eigenvalue weighted by Crippen LogP contribution is 2.28. The average Bonchev–Trinajstić information content (AvgIpc) is 2.17. The van der Waals surface area contributed by atoms with Crippen LogP contribution in [0.3, 0.4) is 0 Å². The smallest absolute Gasteiger partial charge is 0.134 e. The molecular formula is C11H13Br2NO. The van der Waals surface area contributed by atoms with E-state index < -0.39 is 0 Å². The Kier molecular flexibility index (Phi) is 5.36. The van der Waals surface area contributed by atoms with Crippen molar-refractivity contribution in [2.75, 3.05) is 20.2 Å². The lowest BCUT2D eigenvalue weighted by molar-refractivity contribution is 0.347. The first kappa shape index (κ1) is 12.7. The first-order chi connectivity index (χ1) is 7.13. The van der Waals surface area contributed by atoms with Crippen molar-refractivity contribution < 1.29 is 4.74 Å². The zero-order valence-corrected chi connectivity index (χ0v) is 11.7. The first-order valence-electron chi connectivity index (χ1n) is 4.52. The zero-order valence-electron chi connectivity index (χ0n) is 8.52. The second-order valence-electron chi connectivity index (χ2n) is 3.14. The SMILES string of the molecule is C=C(CNC)COc1ccc(Br)cc1Br. The number of hydrogen-bond acceptors (Lipinski definition) is 2. The molecule has 1 aromatic rings. The normalized spacial score (nSPS) is 10.1. The molecule has 0 aromatic heterocycles. The maximum absolute atomic E-state index is 5.60. The van der Waals surface area contributed by atoms with E-state index in [9.17, 15) is 0 Å². The summed E-state index contributed by atoms with van der Waals surface area (Å²) in [7, 11) is 1.89. The molecule has 1 aromatic carbocycles. The second kappa shape index (κ2) is 6.30. The Labute approximate surface area is 107 Å². The van der Waals surface area contributed by atoms with Crippen molar-refractivity contribution in [1.29, 1.82) is 0 Å². The quantitative estimate of drug-likeness (QED) is 0.834. The molecule has 1 rings (SSSR count). The van der Waals surface area contributed by atoms with Crippen LogP contribution in [-0.2, 0) is 0 Å². The van der Waals surface area contributed by atoms with Crippen molar-refractivity contribution >= 4 is 31.9 Å². The van der Waals surface area contributed by atoms with E-state index in [0.29, 0.717) is 6.61 Å². The van der Waals surface area contributed by atoms with Gasteiger partial charge in [0.25, 0.3) is 0 Å². The molecule has 0 saturated carbocycles. The molecule has 0 aliphatic carbocycles. The molecule has 0 heterocycles. The summed E-state index contributed by atoms with van der Waals surface area (Å²) in [5, 5.41) is 3.03. The molecular weight excluding hydrogens is 322 g/mol. The van der Waals surface area contributed by atoms with Crippen LogP contribution in [0.25, 0.3) is 0 Å². The molecule has 0 aliphatic heterocycles. The van der Waals surface area contributed by atoms with E-state index in [1.165, 1.54) is 0 Å². The van der Waals surface area contributed by atoms with Gasteiger partial charge in [-0.1, -0.05) is 22.5 Å². The van der Waals surface area contributed by atoms with Crippen LogP contribution in [0.2, 0.25) is 0 Å². The molecule has 82 valence electrons. The molecule has 0 aliphatic rings. The van der Waals surface area contributed by atoms with Crippen molar-refractivity contribution in [3.63, 3.8) is 0 Å². The van der Waals surface area contributed by atoms with E-state index in [1.54, 1.807) is 0 Å². The summed E-state index contributed by atoms with van der Waals surface area (Å²) in [6.07, 6.45) is 0. The van der Waals surface area contributed by atoms with Gasteiger partial charge in [-0.15, -0.1) is 0 Å². The number of benzene rings is 1. The highest BCUT2D eigenvalue weighted by Gasteiger charge is 2.02.